The van der Waals surface area contributed by atoms with Gasteiger partial charge in [-0.2, -0.15) is 0 Å². The number of aryl methyl sites for hydroxylation is 1. The van der Waals surface area contributed by atoms with Crippen LogP contribution in [0.25, 0.3) is 22.3 Å². The summed E-state index contributed by atoms with van der Waals surface area (Å²) < 4.78 is 31.6. The molecule has 0 fully saturated rings. The summed E-state index contributed by atoms with van der Waals surface area (Å²) >= 11 is 6.37. The summed E-state index contributed by atoms with van der Waals surface area (Å²) in [7, 11) is -2.31. The van der Waals surface area contributed by atoms with Crippen LogP contribution in [0.15, 0.2) is 24.4 Å². The van der Waals surface area contributed by atoms with E-state index < -0.39 is 13.0 Å². The van der Waals surface area contributed by atoms with E-state index in [1.807, 2.05) is 13.8 Å². The summed E-state index contributed by atoms with van der Waals surface area (Å²) in [5.74, 6) is -0.184. The van der Waals surface area contributed by atoms with E-state index in [9.17, 15) is 8.96 Å². The molecule has 0 aliphatic heterocycles. The molecule has 0 aliphatic rings. The van der Waals surface area contributed by atoms with Crippen LogP contribution in [0.5, 0.6) is 5.88 Å². The van der Waals surface area contributed by atoms with Gasteiger partial charge in [0.2, 0.25) is 5.88 Å². The highest BCUT2D eigenvalue weighted by atomic mass is 35.5. The number of pyridine rings is 3. The minimum Gasteiger partial charge on any atom is -0.470 e. The van der Waals surface area contributed by atoms with Crippen LogP contribution in [0.2, 0.25) is 5.02 Å². The Kier molecular flexibility index (Phi) is 5.00. The van der Waals surface area contributed by atoms with Crippen LogP contribution >= 0.6 is 18.7 Å². The van der Waals surface area contributed by atoms with Crippen molar-refractivity contribution in [2.24, 2.45) is 0 Å². The lowest BCUT2D eigenvalue weighted by molar-refractivity contribution is 0.363. The topological polar surface area (TPSA) is 65.0 Å². The third-order valence-corrected chi connectivity index (χ3v) is 5.07. The Morgan fingerprint density at radius 1 is 1.23 bits per heavy atom. The monoisotopic (exact) mass is 393 g/mol. The van der Waals surface area contributed by atoms with Gasteiger partial charge in [0, 0.05) is 29.6 Å². The number of halogens is 2. The molecule has 5 nitrogen and oxygen atoms in total. The molecule has 3 heterocycles. The van der Waals surface area contributed by atoms with Gasteiger partial charge in [-0.15, -0.1) is 0 Å². The van der Waals surface area contributed by atoms with Gasteiger partial charge in [-0.05, 0) is 38.8 Å². The molecule has 0 aromatic carbocycles. The SMILES string of the molecule is Cc1nc2cc(F)c(-c3ccc(OCP(C)(C)=O)nc3)nc2c(Cl)c1C. The average Bonchev–Trinajstić information content (AvgIpc) is 2.58. The minimum absolute atomic E-state index is 0.0990. The summed E-state index contributed by atoms with van der Waals surface area (Å²) in [5.41, 5.74) is 3.04. The molecule has 0 aliphatic carbocycles. The van der Waals surface area contributed by atoms with Crippen molar-refractivity contribution in [3.05, 3.63) is 46.5 Å². The van der Waals surface area contributed by atoms with E-state index in [1.165, 1.54) is 12.3 Å². The number of nitrogens with zero attached hydrogens (tertiary/aromatic N) is 3. The van der Waals surface area contributed by atoms with Crippen LogP contribution in [-0.4, -0.2) is 34.6 Å². The maximum atomic E-state index is 14.5. The van der Waals surface area contributed by atoms with Crippen molar-refractivity contribution >= 4 is 29.8 Å². The van der Waals surface area contributed by atoms with E-state index in [4.69, 9.17) is 16.3 Å². The number of fused-ring (bicyclic) bond motifs is 1. The molecule has 0 amide bonds. The third-order valence-electron chi connectivity index (χ3n) is 3.86. The predicted octanol–water partition coefficient (Wildman–Crippen LogP) is 5.06. The smallest absolute Gasteiger partial charge is 0.213 e. The minimum atomic E-state index is -2.31. The molecule has 3 rings (SSSR count). The highest BCUT2D eigenvalue weighted by molar-refractivity contribution is 7.62. The zero-order chi connectivity index (χ0) is 19.1. The fraction of sp³-hybridized carbons (Fsp3) is 0.278. The third kappa shape index (κ3) is 3.87. The molecule has 0 saturated heterocycles. The first-order valence-electron chi connectivity index (χ1n) is 7.92. The molecule has 3 aromatic rings. The average molecular weight is 394 g/mol. The van der Waals surface area contributed by atoms with Gasteiger partial charge in [0.05, 0.1) is 10.5 Å². The molecule has 3 aromatic heterocycles. The lowest BCUT2D eigenvalue weighted by atomic mass is 10.1. The van der Waals surface area contributed by atoms with Crippen LogP contribution in [-0.2, 0) is 4.57 Å². The van der Waals surface area contributed by atoms with Crippen molar-refractivity contribution in [3.8, 4) is 17.1 Å². The summed E-state index contributed by atoms with van der Waals surface area (Å²) in [4.78, 5) is 12.8. The van der Waals surface area contributed by atoms with E-state index in [0.29, 0.717) is 27.5 Å². The standard InChI is InChI=1S/C18H18ClFN3O2P/c1-10-11(2)22-14-7-13(20)17(23-18(14)16(10)19)12-5-6-15(21-8-12)25-9-26(3,4)24/h5-8H,9H2,1-4H3. The van der Waals surface area contributed by atoms with Crippen molar-refractivity contribution in [2.45, 2.75) is 13.8 Å². The molecule has 0 spiro atoms. The van der Waals surface area contributed by atoms with Crippen molar-refractivity contribution in [2.75, 3.05) is 19.7 Å². The van der Waals surface area contributed by atoms with Crippen molar-refractivity contribution in [1.29, 1.82) is 0 Å². The zero-order valence-corrected chi connectivity index (χ0v) is 16.5. The molecule has 0 unspecified atom stereocenters. The molecular weight excluding hydrogens is 376 g/mol. The molecule has 136 valence electrons. The number of aromatic nitrogens is 3. The zero-order valence-electron chi connectivity index (χ0n) is 14.9. The molecule has 0 radical (unpaired) electrons. The van der Waals surface area contributed by atoms with E-state index >= 15 is 0 Å². The molecular formula is C18H18ClFN3O2P. The maximum Gasteiger partial charge on any atom is 0.213 e. The maximum absolute atomic E-state index is 14.5. The van der Waals surface area contributed by atoms with E-state index in [1.54, 1.807) is 25.5 Å². The number of ether oxygens (including phenoxy) is 1. The van der Waals surface area contributed by atoms with Crippen molar-refractivity contribution in [1.82, 2.24) is 15.0 Å². The lowest BCUT2D eigenvalue weighted by Crippen LogP contribution is -2.00. The van der Waals surface area contributed by atoms with Crippen LogP contribution < -0.4 is 4.74 Å². The predicted molar refractivity (Wildman–Crippen MR) is 102 cm³/mol. The molecule has 0 bridgehead atoms. The summed E-state index contributed by atoms with van der Waals surface area (Å²) in [6.07, 6.45) is 1.56. The van der Waals surface area contributed by atoms with E-state index in [0.717, 1.165) is 11.3 Å². The quantitative estimate of drug-likeness (QED) is 0.579. The first-order chi connectivity index (χ1) is 12.2. The van der Waals surface area contributed by atoms with Gasteiger partial charge < -0.3 is 9.30 Å². The first kappa shape index (κ1) is 18.7. The van der Waals surface area contributed by atoms with Crippen LogP contribution in [0.4, 0.5) is 4.39 Å². The summed E-state index contributed by atoms with van der Waals surface area (Å²) in [6.45, 7) is 6.94. The number of rotatable bonds is 4. The number of hydrogen-bond acceptors (Lipinski definition) is 5. The van der Waals surface area contributed by atoms with E-state index in [2.05, 4.69) is 15.0 Å². The van der Waals surface area contributed by atoms with Gasteiger partial charge in [-0.25, -0.2) is 14.4 Å². The van der Waals surface area contributed by atoms with Crippen molar-refractivity contribution in [3.63, 3.8) is 0 Å². The normalized spacial score (nSPS) is 11.8. The highest BCUT2D eigenvalue weighted by Crippen LogP contribution is 2.36. The Bertz CT molecular complexity index is 1040. The summed E-state index contributed by atoms with van der Waals surface area (Å²) in [5, 5.41) is 0.461. The molecule has 0 saturated carbocycles. The van der Waals surface area contributed by atoms with Gasteiger partial charge >= 0.3 is 0 Å². The van der Waals surface area contributed by atoms with E-state index in [-0.39, 0.29) is 12.0 Å². The van der Waals surface area contributed by atoms with Crippen LogP contribution in [0.1, 0.15) is 11.3 Å². The van der Waals surface area contributed by atoms with Gasteiger partial charge in [0.1, 0.15) is 24.7 Å². The van der Waals surface area contributed by atoms with Crippen molar-refractivity contribution < 1.29 is 13.7 Å². The lowest BCUT2D eigenvalue weighted by Gasteiger charge is -2.11. The van der Waals surface area contributed by atoms with Gasteiger partial charge in [0.25, 0.3) is 0 Å². The fourth-order valence-corrected chi connectivity index (χ4v) is 3.08. The van der Waals surface area contributed by atoms with Crippen LogP contribution in [0, 0.1) is 19.7 Å². The second-order valence-electron chi connectivity index (χ2n) is 6.56. The van der Waals surface area contributed by atoms with Gasteiger partial charge in [-0.3, -0.25) is 4.98 Å². The Labute approximate surface area is 156 Å². The second kappa shape index (κ2) is 6.93. The van der Waals surface area contributed by atoms with Gasteiger partial charge in [-0.1, -0.05) is 11.6 Å². The number of hydrogen-bond donors (Lipinski definition) is 0. The Morgan fingerprint density at radius 3 is 2.58 bits per heavy atom. The Hall–Kier alpha value is -2.04. The van der Waals surface area contributed by atoms with Crippen LogP contribution in [0.3, 0.4) is 0 Å². The Balaban J connectivity index is 2.00. The molecule has 0 N–H and O–H groups in total. The molecule has 0 atom stereocenters. The second-order valence-corrected chi connectivity index (χ2v) is 10.3. The van der Waals surface area contributed by atoms with Gasteiger partial charge in [0.15, 0.2) is 5.82 Å². The summed E-state index contributed by atoms with van der Waals surface area (Å²) in [6, 6.07) is 4.57. The fourth-order valence-electron chi connectivity index (χ4n) is 2.36. The largest absolute Gasteiger partial charge is 0.470 e. The Morgan fingerprint density at radius 2 is 1.96 bits per heavy atom. The molecule has 8 heteroatoms. The molecule has 26 heavy (non-hydrogen) atoms. The first-order valence-corrected chi connectivity index (χ1v) is 11.1. The highest BCUT2D eigenvalue weighted by Gasteiger charge is 2.15.